The monoisotopic (exact) mass is 468 g/mol. The number of nitrogens with one attached hydrogen (secondary N) is 2. The van der Waals surface area contributed by atoms with Crippen LogP contribution < -0.4 is 15.4 Å². The number of carbonyl (C=O) groups is 2. The molecule has 0 aliphatic rings. The van der Waals surface area contributed by atoms with Gasteiger partial charge >= 0.3 is 0 Å². The van der Waals surface area contributed by atoms with E-state index in [1.807, 2.05) is 17.5 Å². The molecule has 0 aliphatic carbocycles. The number of hydrogen-bond acceptors (Lipinski definition) is 7. The van der Waals surface area contributed by atoms with Gasteiger partial charge in [-0.15, -0.1) is 21.5 Å². The topological polar surface area (TPSA) is 93.2 Å². The Balaban J connectivity index is 1.27. The Morgan fingerprint density at radius 1 is 0.969 bits per heavy atom. The van der Waals surface area contributed by atoms with Crippen LogP contribution in [0.1, 0.15) is 30.0 Å². The Morgan fingerprint density at radius 2 is 1.75 bits per heavy atom. The number of aromatic nitrogens is 2. The first-order valence-electron chi connectivity index (χ1n) is 9.49. The van der Waals surface area contributed by atoms with Gasteiger partial charge in [0.05, 0.1) is 6.54 Å². The Bertz CT molecular complexity index is 1190. The zero-order chi connectivity index (χ0) is 22.3. The summed E-state index contributed by atoms with van der Waals surface area (Å²) in [5.74, 6) is -0.415. The number of benzene rings is 2. The van der Waals surface area contributed by atoms with E-state index in [1.54, 1.807) is 35.6 Å². The van der Waals surface area contributed by atoms with Crippen LogP contribution >= 0.6 is 22.7 Å². The lowest BCUT2D eigenvalue weighted by atomic mass is 10.2. The van der Waals surface area contributed by atoms with Crippen molar-refractivity contribution in [3.05, 3.63) is 92.3 Å². The van der Waals surface area contributed by atoms with Crippen LogP contribution in [-0.2, 0) is 13.2 Å². The summed E-state index contributed by atoms with van der Waals surface area (Å²) in [6, 6.07) is 16.1. The molecule has 0 aliphatic heterocycles. The molecule has 0 fully saturated rings. The van der Waals surface area contributed by atoms with E-state index in [9.17, 15) is 14.0 Å². The Hall–Kier alpha value is -3.63. The Morgan fingerprint density at radius 3 is 2.47 bits per heavy atom. The van der Waals surface area contributed by atoms with Crippen molar-refractivity contribution in [2.24, 2.45) is 0 Å². The van der Waals surface area contributed by atoms with Crippen molar-refractivity contribution in [3.8, 4) is 5.75 Å². The average molecular weight is 469 g/mol. The normalized spacial score (nSPS) is 10.5. The molecule has 0 radical (unpaired) electrons. The van der Waals surface area contributed by atoms with Gasteiger partial charge in [-0.05, 0) is 60.0 Å². The number of anilines is 1. The molecule has 2 amide bonds. The molecule has 0 atom stereocenters. The number of thiophene rings is 1. The van der Waals surface area contributed by atoms with E-state index in [2.05, 4.69) is 20.8 Å². The third-order valence-corrected chi connectivity index (χ3v) is 6.02. The smallest absolute Gasteiger partial charge is 0.286 e. The second-order valence-electron chi connectivity index (χ2n) is 6.54. The molecule has 2 aromatic carbocycles. The highest BCUT2D eigenvalue weighted by Crippen LogP contribution is 2.18. The van der Waals surface area contributed by atoms with Crippen LogP contribution in [0.25, 0.3) is 0 Å². The molecule has 32 heavy (non-hydrogen) atoms. The standard InChI is InChI=1S/C22H17FN4O3S2/c23-15-5-7-16(8-6-15)25-21(29)22-27-26-19(32-22)13-30-17-9-3-14(4-10-17)20(28)24-12-18-2-1-11-31-18/h1-11H,12-13H2,(H,24,28)(H,25,29). The maximum absolute atomic E-state index is 13.0. The van der Waals surface area contributed by atoms with Gasteiger partial charge in [0.1, 0.15) is 18.2 Å². The first-order valence-corrected chi connectivity index (χ1v) is 11.2. The van der Waals surface area contributed by atoms with E-state index < -0.39 is 5.91 Å². The van der Waals surface area contributed by atoms with Gasteiger partial charge in [-0.25, -0.2) is 4.39 Å². The summed E-state index contributed by atoms with van der Waals surface area (Å²) in [7, 11) is 0. The molecule has 2 N–H and O–H groups in total. The fourth-order valence-corrected chi connectivity index (χ4v) is 3.94. The molecule has 4 aromatic rings. The molecule has 7 nitrogen and oxygen atoms in total. The summed E-state index contributed by atoms with van der Waals surface area (Å²) in [5, 5.41) is 16.0. The van der Waals surface area contributed by atoms with Gasteiger partial charge in [0, 0.05) is 16.1 Å². The quantitative estimate of drug-likeness (QED) is 0.397. The van der Waals surface area contributed by atoms with Crippen LogP contribution in [0.2, 0.25) is 0 Å². The van der Waals surface area contributed by atoms with Crippen molar-refractivity contribution in [2.45, 2.75) is 13.2 Å². The van der Waals surface area contributed by atoms with Crippen LogP contribution in [0.5, 0.6) is 5.75 Å². The Labute approximate surface area is 190 Å². The fourth-order valence-electron chi connectivity index (χ4n) is 2.65. The highest BCUT2D eigenvalue weighted by atomic mass is 32.1. The number of ether oxygens (including phenoxy) is 1. The predicted molar refractivity (Wildman–Crippen MR) is 121 cm³/mol. The zero-order valence-electron chi connectivity index (χ0n) is 16.6. The highest BCUT2D eigenvalue weighted by Gasteiger charge is 2.14. The van der Waals surface area contributed by atoms with E-state index in [1.165, 1.54) is 24.3 Å². The Kier molecular flexibility index (Phi) is 6.83. The van der Waals surface area contributed by atoms with E-state index in [0.29, 0.717) is 28.6 Å². The molecular weight excluding hydrogens is 451 g/mol. The van der Waals surface area contributed by atoms with Gasteiger partial charge in [-0.3, -0.25) is 9.59 Å². The average Bonchev–Trinajstić information content (AvgIpc) is 3.50. The fraction of sp³-hybridized carbons (Fsp3) is 0.0909. The summed E-state index contributed by atoms with van der Waals surface area (Å²) >= 11 is 2.69. The van der Waals surface area contributed by atoms with Crippen molar-refractivity contribution in [3.63, 3.8) is 0 Å². The van der Waals surface area contributed by atoms with Crippen molar-refractivity contribution in [2.75, 3.05) is 5.32 Å². The van der Waals surface area contributed by atoms with Crippen LogP contribution in [0, 0.1) is 5.82 Å². The zero-order valence-corrected chi connectivity index (χ0v) is 18.2. The number of halogens is 1. The van der Waals surface area contributed by atoms with Gasteiger partial charge < -0.3 is 15.4 Å². The molecule has 2 aromatic heterocycles. The van der Waals surface area contributed by atoms with E-state index in [-0.39, 0.29) is 23.3 Å². The second kappa shape index (κ2) is 10.1. The summed E-state index contributed by atoms with van der Waals surface area (Å²) in [5.41, 5.74) is 0.994. The molecule has 0 spiro atoms. The lowest BCUT2D eigenvalue weighted by Crippen LogP contribution is -2.22. The minimum Gasteiger partial charge on any atom is -0.486 e. The molecule has 0 bridgehead atoms. The summed E-state index contributed by atoms with van der Waals surface area (Å²) < 4.78 is 18.6. The number of nitrogens with zero attached hydrogens (tertiary/aromatic N) is 2. The third kappa shape index (κ3) is 5.74. The van der Waals surface area contributed by atoms with Gasteiger partial charge in [0.15, 0.2) is 5.01 Å². The molecule has 2 heterocycles. The van der Waals surface area contributed by atoms with Crippen molar-refractivity contribution in [1.29, 1.82) is 0 Å². The van der Waals surface area contributed by atoms with Crippen molar-refractivity contribution < 1.29 is 18.7 Å². The number of amides is 2. The lowest BCUT2D eigenvalue weighted by Gasteiger charge is -2.06. The summed E-state index contributed by atoms with van der Waals surface area (Å²) in [4.78, 5) is 25.6. The summed E-state index contributed by atoms with van der Waals surface area (Å²) in [6.45, 7) is 0.619. The maximum atomic E-state index is 13.0. The first-order chi connectivity index (χ1) is 15.6. The minimum absolute atomic E-state index is 0.130. The van der Waals surface area contributed by atoms with Crippen LogP contribution in [-0.4, -0.2) is 22.0 Å². The molecule has 10 heteroatoms. The van der Waals surface area contributed by atoms with Crippen molar-refractivity contribution >= 4 is 40.2 Å². The van der Waals surface area contributed by atoms with Crippen molar-refractivity contribution in [1.82, 2.24) is 15.5 Å². The molecule has 0 unspecified atom stereocenters. The van der Waals surface area contributed by atoms with E-state index in [4.69, 9.17) is 4.74 Å². The van der Waals surface area contributed by atoms with Gasteiger partial charge in [-0.2, -0.15) is 0 Å². The number of hydrogen-bond donors (Lipinski definition) is 2. The third-order valence-electron chi connectivity index (χ3n) is 4.25. The lowest BCUT2D eigenvalue weighted by molar-refractivity contribution is 0.0950. The largest absolute Gasteiger partial charge is 0.486 e. The number of rotatable bonds is 8. The van der Waals surface area contributed by atoms with Crippen LogP contribution in [0.3, 0.4) is 0 Å². The number of carbonyl (C=O) groups excluding carboxylic acids is 2. The highest BCUT2D eigenvalue weighted by molar-refractivity contribution is 7.13. The van der Waals surface area contributed by atoms with Crippen LogP contribution in [0.4, 0.5) is 10.1 Å². The molecular formula is C22H17FN4O3S2. The van der Waals surface area contributed by atoms with Gasteiger partial charge in [0.25, 0.3) is 11.8 Å². The first kappa shape index (κ1) is 21.6. The molecule has 162 valence electrons. The predicted octanol–water partition coefficient (Wildman–Crippen LogP) is 4.50. The van der Waals surface area contributed by atoms with Gasteiger partial charge in [0.2, 0.25) is 5.01 Å². The van der Waals surface area contributed by atoms with E-state index in [0.717, 1.165) is 16.2 Å². The SMILES string of the molecule is O=C(NCc1cccs1)c1ccc(OCc2nnc(C(=O)Nc3ccc(F)cc3)s2)cc1. The van der Waals surface area contributed by atoms with Gasteiger partial charge in [-0.1, -0.05) is 17.4 Å². The summed E-state index contributed by atoms with van der Waals surface area (Å²) in [6.07, 6.45) is 0. The van der Waals surface area contributed by atoms with E-state index >= 15 is 0 Å². The molecule has 0 saturated carbocycles. The molecule has 4 rings (SSSR count). The molecule has 0 saturated heterocycles. The minimum atomic E-state index is -0.432. The second-order valence-corrected chi connectivity index (χ2v) is 8.63. The maximum Gasteiger partial charge on any atom is 0.286 e. The van der Waals surface area contributed by atoms with Crippen LogP contribution in [0.15, 0.2) is 66.0 Å².